The predicted octanol–water partition coefficient (Wildman–Crippen LogP) is 2.64. The average molecular weight is 335 g/mol. The molecule has 0 saturated heterocycles. The van der Waals surface area contributed by atoms with Crippen LogP contribution in [0.3, 0.4) is 0 Å². The third kappa shape index (κ3) is 2.66. The van der Waals surface area contributed by atoms with Gasteiger partial charge in [-0.05, 0) is 44.3 Å². The zero-order valence-corrected chi connectivity index (χ0v) is 13.6. The Labute approximate surface area is 135 Å². The van der Waals surface area contributed by atoms with Crippen molar-refractivity contribution in [2.45, 2.75) is 6.42 Å². The van der Waals surface area contributed by atoms with E-state index in [1.54, 1.807) is 30.3 Å². The van der Waals surface area contributed by atoms with Gasteiger partial charge in [0.2, 0.25) is 0 Å². The molecule has 23 heavy (non-hydrogen) atoms. The number of nitrogens with zero attached hydrogens (tertiary/aromatic N) is 2. The van der Waals surface area contributed by atoms with E-state index in [2.05, 4.69) is 5.32 Å². The van der Waals surface area contributed by atoms with Crippen LogP contribution in [0.5, 0.6) is 0 Å². The number of hydrogen-bond donors (Lipinski definition) is 1. The van der Waals surface area contributed by atoms with Gasteiger partial charge in [0.25, 0.3) is 0 Å². The quantitative estimate of drug-likeness (QED) is 0.855. The lowest BCUT2D eigenvalue weighted by Gasteiger charge is -2.22. The number of anilines is 3. The number of para-hydroxylation sites is 3. The third-order valence-corrected chi connectivity index (χ3v) is 5.53. The molecule has 1 N–H and O–H groups in total. The molecule has 7 heteroatoms. The summed E-state index contributed by atoms with van der Waals surface area (Å²) in [5, 5.41) is 3.00. The number of nitrogens with one attached hydrogen (secondary N) is 1. The Morgan fingerprint density at radius 3 is 2.26 bits per heavy atom. The number of rotatable bonds is 5. The van der Waals surface area contributed by atoms with Crippen LogP contribution in [0.4, 0.5) is 21.5 Å². The Kier molecular flexibility index (Phi) is 4.23. The molecule has 0 aliphatic carbocycles. The summed E-state index contributed by atoms with van der Waals surface area (Å²) in [7, 11) is -2.03. The highest BCUT2D eigenvalue weighted by molar-refractivity contribution is 7.95. The molecular weight excluding hydrogens is 317 g/mol. The third-order valence-electron chi connectivity index (χ3n) is 3.74. The van der Waals surface area contributed by atoms with Crippen molar-refractivity contribution in [2.24, 2.45) is 0 Å². The molecule has 0 spiro atoms. The zero-order chi connectivity index (χ0) is 16.4. The van der Waals surface area contributed by atoms with E-state index < -0.39 is 16.0 Å². The molecule has 0 saturated carbocycles. The van der Waals surface area contributed by atoms with Crippen molar-refractivity contribution in [1.82, 2.24) is 5.32 Å². The Balaban J connectivity index is 2.09. The van der Waals surface area contributed by atoms with Crippen LogP contribution in [0.15, 0.2) is 48.5 Å². The van der Waals surface area contributed by atoms with E-state index in [0.29, 0.717) is 30.9 Å². The van der Waals surface area contributed by atoms with E-state index >= 15 is 0 Å². The van der Waals surface area contributed by atoms with Crippen molar-refractivity contribution in [3.8, 4) is 0 Å². The van der Waals surface area contributed by atoms with E-state index in [9.17, 15) is 12.8 Å². The molecule has 0 radical (unpaired) electrons. The highest BCUT2D eigenvalue weighted by Crippen LogP contribution is 2.45. The van der Waals surface area contributed by atoms with E-state index in [4.69, 9.17) is 0 Å². The van der Waals surface area contributed by atoms with Crippen LogP contribution in [0.25, 0.3) is 0 Å². The van der Waals surface area contributed by atoms with Crippen LogP contribution < -0.4 is 13.9 Å². The Morgan fingerprint density at radius 1 is 1.00 bits per heavy atom. The van der Waals surface area contributed by atoms with Gasteiger partial charge in [-0.1, -0.05) is 24.3 Å². The fourth-order valence-corrected chi connectivity index (χ4v) is 4.46. The molecule has 5 nitrogen and oxygen atoms in total. The fourth-order valence-electron chi connectivity index (χ4n) is 2.70. The summed E-state index contributed by atoms with van der Waals surface area (Å²) in [6.45, 7) is 1.04. The molecule has 0 fully saturated rings. The van der Waals surface area contributed by atoms with Gasteiger partial charge in [-0.2, -0.15) is 8.42 Å². The molecule has 1 aliphatic heterocycles. The van der Waals surface area contributed by atoms with Crippen LogP contribution in [0, 0.1) is 5.82 Å². The molecule has 0 bridgehead atoms. The summed E-state index contributed by atoms with van der Waals surface area (Å²) in [4.78, 5) is 0. The lowest BCUT2D eigenvalue weighted by atomic mass is 10.2. The zero-order valence-electron chi connectivity index (χ0n) is 12.7. The normalized spacial score (nSPS) is 15.7. The first-order valence-electron chi connectivity index (χ1n) is 7.38. The lowest BCUT2D eigenvalue weighted by Crippen LogP contribution is -2.37. The summed E-state index contributed by atoms with van der Waals surface area (Å²) in [5.74, 6) is -0.567. The Bertz CT molecular complexity index is 810. The number of hydrogen-bond acceptors (Lipinski definition) is 3. The molecule has 0 unspecified atom stereocenters. The van der Waals surface area contributed by atoms with Crippen molar-refractivity contribution >= 4 is 27.3 Å². The lowest BCUT2D eigenvalue weighted by molar-refractivity contribution is 0.588. The van der Waals surface area contributed by atoms with Crippen LogP contribution in [0.1, 0.15) is 6.42 Å². The fraction of sp³-hybridized carbons (Fsp3) is 0.250. The standard InChI is InChI=1S/C16H18FN3O2S/c1-18-11-6-12-19-15-9-4-5-10-16(15)20(23(19,21)22)14-8-3-2-7-13(14)17/h2-5,7-10,18H,6,11-12H2,1H3. The van der Waals surface area contributed by atoms with Crippen molar-refractivity contribution in [2.75, 3.05) is 28.7 Å². The van der Waals surface area contributed by atoms with Crippen LogP contribution in [-0.4, -0.2) is 28.6 Å². The van der Waals surface area contributed by atoms with Gasteiger partial charge >= 0.3 is 10.2 Å². The van der Waals surface area contributed by atoms with Crippen LogP contribution >= 0.6 is 0 Å². The molecule has 2 aromatic carbocycles. The maximum atomic E-state index is 14.2. The largest absolute Gasteiger partial charge is 0.331 e. The Hall–Kier alpha value is -2.12. The van der Waals surface area contributed by atoms with Gasteiger partial charge in [0.1, 0.15) is 5.82 Å². The van der Waals surface area contributed by atoms with Crippen molar-refractivity contribution < 1.29 is 12.8 Å². The second kappa shape index (κ2) is 6.17. The summed E-state index contributed by atoms with van der Waals surface area (Å²) in [6, 6.07) is 12.9. The van der Waals surface area contributed by atoms with E-state index in [1.807, 2.05) is 7.05 Å². The molecule has 0 amide bonds. The minimum absolute atomic E-state index is 0.0380. The molecule has 2 aromatic rings. The maximum Gasteiger partial charge on any atom is 0.331 e. The van der Waals surface area contributed by atoms with Gasteiger partial charge in [0.15, 0.2) is 0 Å². The smallest absolute Gasteiger partial charge is 0.320 e. The highest BCUT2D eigenvalue weighted by atomic mass is 32.2. The average Bonchev–Trinajstić information content (AvgIpc) is 2.76. The molecule has 122 valence electrons. The van der Waals surface area contributed by atoms with Gasteiger partial charge in [0, 0.05) is 6.54 Å². The van der Waals surface area contributed by atoms with Gasteiger partial charge in [0.05, 0.1) is 17.1 Å². The van der Waals surface area contributed by atoms with Gasteiger partial charge in [-0.3, -0.25) is 4.31 Å². The second-order valence-electron chi connectivity index (χ2n) is 5.24. The first-order chi connectivity index (χ1) is 11.1. The molecular formula is C16H18FN3O2S. The van der Waals surface area contributed by atoms with Gasteiger partial charge in [-0.25, -0.2) is 8.70 Å². The van der Waals surface area contributed by atoms with Crippen LogP contribution in [-0.2, 0) is 10.2 Å². The first-order valence-corrected chi connectivity index (χ1v) is 8.78. The van der Waals surface area contributed by atoms with Gasteiger partial charge < -0.3 is 5.32 Å². The first kappa shape index (κ1) is 15.8. The van der Waals surface area contributed by atoms with E-state index in [-0.39, 0.29) is 5.69 Å². The Morgan fingerprint density at radius 2 is 1.61 bits per heavy atom. The SMILES string of the molecule is CNCCCN1c2ccccc2N(c2ccccc2F)S1(=O)=O. The summed E-state index contributed by atoms with van der Waals surface area (Å²) < 4.78 is 42.5. The number of benzene rings is 2. The monoisotopic (exact) mass is 335 g/mol. The molecule has 1 heterocycles. The summed E-state index contributed by atoms with van der Waals surface area (Å²) >= 11 is 0. The molecule has 0 aromatic heterocycles. The predicted molar refractivity (Wildman–Crippen MR) is 89.8 cm³/mol. The van der Waals surface area contributed by atoms with Crippen molar-refractivity contribution in [1.29, 1.82) is 0 Å². The number of fused-ring (bicyclic) bond motifs is 1. The van der Waals surface area contributed by atoms with E-state index in [0.717, 1.165) is 4.31 Å². The molecule has 3 rings (SSSR count). The minimum atomic E-state index is -3.84. The maximum absolute atomic E-state index is 14.2. The summed E-state index contributed by atoms with van der Waals surface area (Å²) in [6.07, 6.45) is 0.662. The topological polar surface area (TPSA) is 52.6 Å². The van der Waals surface area contributed by atoms with E-state index in [1.165, 1.54) is 22.5 Å². The minimum Gasteiger partial charge on any atom is -0.320 e. The number of halogens is 1. The van der Waals surface area contributed by atoms with Crippen molar-refractivity contribution in [3.63, 3.8) is 0 Å². The van der Waals surface area contributed by atoms with Gasteiger partial charge in [-0.15, -0.1) is 0 Å². The summed E-state index contributed by atoms with van der Waals surface area (Å²) in [5.41, 5.74) is 1.09. The molecule has 0 atom stereocenters. The van der Waals surface area contributed by atoms with Crippen molar-refractivity contribution in [3.05, 3.63) is 54.3 Å². The van der Waals surface area contributed by atoms with Crippen LogP contribution in [0.2, 0.25) is 0 Å². The second-order valence-corrected chi connectivity index (χ2v) is 6.94. The highest BCUT2D eigenvalue weighted by Gasteiger charge is 2.41. The molecule has 1 aliphatic rings.